The van der Waals surface area contributed by atoms with Gasteiger partial charge in [-0.2, -0.15) is 0 Å². The molecule has 0 unspecified atom stereocenters. The maximum absolute atomic E-state index is 11.3. The number of methoxy groups -OCH3 is 1. The molecule has 2 nitrogen and oxygen atoms in total. The Kier molecular flexibility index (Phi) is 8.30. The molecule has 0 bridgehead atoms. The van der Waals surface area contributed by atoms with Crippen LogP contribution in [-0.4, -0.2) is 18.9 Å². The number of carbonyl (C=O) groups is 1. The zero-order valence-corrected chi connectivity index (χ0v) is 18.4. The predicted octanol–water partition coefficient (Wildman–Crippen LogP) is 5.07. The second kappa shape index (κ2) is 11.4. The molecule has 0 amide bonds. The third-order valence-electron chi connectivity index (χ3n) is 5.17. The Bertz CT molecular complexity index is 889. The molecule has 3 rings (SSSR count). The largest absolute Gasteiger partial charge is 0.469 e. The minimum absolute atomic E-state index is 0.132. The zero-order valence-electron chi connectivity index (χ0n) is 17.5. The molecular weight excluding hydrogens is 387 g/mol. The third-order valence-corrected chi connectivity index (χ3v) is 9.12. The van der Waals surface area contributed by atoms with Crippen LogP contribution in [0.3, 0.4) is 0 Å². The molecule has 0 aliphatic carbocycles. The molecule has 0 saturated carbocycles. The van der Waals surface area contributed by atoms with E-state index in [-0.39, 0.29) is 5.97 Å². The van der Waals surface area contributed by atoms with E-state index in [0.717, 1.165) is 19.3 Å². The van der Waals surface area contributed by atoms with Crippen LogP contribution in [0.25, 0.3) is 0 Å². The number of carbonyl (C=O) groups excluding carboxylic acids is 1. The van der Waals surface area contributed by atoms with Crippen LogP contribution >= 0.6 is 6.89 Å². The van der Waals surface area contributed by atoms with Crippen molar-refractivity contribution in [3.8, 4) is 0 Å². The molecule has 3 aromatic rings. The number of benzene rings is 3. The normalized spacial score (nSPS) is 11.4. The molecule has 0 aliphatic rings. The average Bonchev–Trinajstić information content (AvgIpc) is 2.82. The lowest BCUT2D eigenvalue weighted by molar-refractivity contribution is -0.140. The van der Waals surface area contributed by atoms with Gasteiger partial charge in [-0.05, 0) is 42.1 Å². The molecule has 0 atom stereocenters. The molecule has 3 heteroatoms. The molecular formula is C27H29O2P. The van der Waals surface area contributed by atoms with Gasteiger partial charge in [0, 0.05) is 6.42 Å². The van der Waals surface area contributed by atoms with Crippen LogP contribution in [0.2, 0.25) is 0 Å². The molecule has 30 heavy (non-hydrogen) atoms. The first-order chi connectivity index (χ1) is 14.8. The van der Waals surface area contributed by atoms with Gasteiger partial charge in [-0.3, -0.25) is 4.79 Å². The number of esters is 1. The van der Waals surface area contributed by atoms with E-state index < -0.39 is 6.89 Å². The van der Waals surface area contributed by atoms with E-state index in [4.69, 9.17) is 4.74 Å². The summed E-state index contributed by atoms with van der Waals surface area (Å²) in [6.45, 7) is -1.92. The fraction of sp³-hybridized carbons (Fsp3) is 0.185. The summed E-state index contributed by atoms with van der Waals surface area (Å²) in [6.07, 6.45) is 7.72. The van der Waals surface area contributed by atoms with Crippen molar-refractivity contribution >= 4 is 34.6 Å². The monoisotopic (exact) mass is 416 g/mol. The summed E-state index contributed by atoms with van der Waals surface area (Å²) in [5.74, 6) is 2.28. The highest BCUT2D eigenvalue weighted by atomic mass is 31.2. The van der Waals surface area contributed by atoms with Crippen LogP contribution in [0.5, 0.6) is 0 Å². The molecule has 0 saturated heterocycles. The van der Waals surface area contributed by atoms with E-state index in [1.807, 2.05) is 0 Å². The lowest BCUT2D eigenvalue weighted by Crippen LogP contribution is -2.26. The van der Waals surface area contributed by atoms with E-state index in [9.17, 15) is 4.79 Å². The molecule has 0 N–H and O–H groups in total. The van der Waals surface area contributed by atoms with Crippen LogP contribution in [0.1, 0.15) is 25.7 Å². The maximum atomic E-state index is 11.3. The SMILES string of the molecule is COC(=O)CCCCC=CC=P(c1ccccc1)(c1ccccc1)c1ccccc1. The number of hydrogen-bond acceptors (Lipinski definition) is 2. The van der Waals surface area contributed by atoms with Crippen molar-refractivity contribution in [2.75, 3.05) is 7.11 Å². The summed E-state index contributed by atoms with van der Waals surface area (Å²) in [5.41, 5.74) is 0. The second-order valence-corrected chi connectivity index (χ2v) is 10.4. The summed E-state index contributed by atoms with van der Waals surface area (Å²) >= 11 is 0. The van der Waals surface area contributed by atoms with E-state index in [2.05, 4.69) is 109 Å². The summed E-state index contributed by atoms with van der Waals surface area (Å²) in [6, 6.07) is 32.4. The van der Waals surface area contributed by atoms with Gasteiger partial charge < -0.3 is 4.74 Å². The Labute approximate surface area is 180 Å². The first kappa shape index (κ1) is 21.9. The molecule has 0 radical (unpaired) electrons. The first-order valence-corrected chi connectivity index (χ1v) is 12.3. The van der Waals surface area contributed by atoms with Crippen LogP contribution in [-0.2, 0) is 9.53 Å². The number of ether oxygens (including phenoxy) is 1. The van der Waals surface area contributed by atoms with Crippen LogP contribution in [0.4, 0.5) is 0 Å². The van der Waals surface area contributed by atoms with Crippen molar-refractivity contribution in [1.82, 2.24) is 0 Å². The molecule has 0 fully saturated rings. The van der Waals surface area contributed by atoms with Gasteiger partial charge in [0.05, 0.1) is 7.11 Å². The van der Waals surface area contributed by atoms with Crippen molar-refractivity contribution in [3.63, 3.8) is 0 Å². The number of unbranched alkanes of at least 4 members (excludes halogenated alkanes) is 2. The lowest BCUT2D eigenvalue weighted by atomic mass is 10.2. The molecule has 3 aromatic carbocycles. The van der Waals surface area contributed by atoms with E-state index in [0.29, 0.717) is 6.42 Å². The number of allylic oxidation sites excluding steroid dienone is 2. The zero-order chi connectivity index (χ0) is 21.1. The van der Waals surface area contributed by atoms with Gasteiger partial charge in [-0.15, -0.1) is 0 Å². The fourth-order valence-electron chi connectivity index (χ4n) is 3.61. The summed E-state index contributed by atoms with van der Waals surface area (Å²) in [5, 5.41) is 4.04. The molecule has 0 heterocycles. The quantitative estimate of drug-likeness (QED) is 0.276. The van der Waals surface area contributed by atoms with Crippen molar-refractivity contribution in [1.29, 1.82) is 0 Å². The average molecular weight is 417 g/mol. The van der Waals surface area contributed by atoms with Crippen LogP contribution in [0, 0.1) is 0 Å². The Balaban J connectivity index is 1.98. The van der Waals surface area contributed by atoms with E-state index in [1.165, 1.54) is 23.0 Å². The highest BCUT2D eigenvalue weighted by molar-refractivity contribution is 7.94. The van der Waals surface area contributed by atoms with Gasteiger partial charge in [-0.25, -0.2) is 0 Å². The molecule has 0 spiro atoms. The third kappa shape index (κ3) is 5.40. The van der Waals surface area contributed by atoms with Crippen molar-refractivity contribution in [3.05, 3.63) is 103 Å². The van der Waals surface area contributed by atoms with Gasteiger partial charge in [0.1, 0.15) is 0 Å². The summed E-state index contributed by atoms with van der Waals surface area (Å²) in [7, 11) is 1.44. The van der Waals surface area contributed by atoms with Gasteiger partial charge in [0.25, 0.3) is 0 Å². The highest BCUT2D eigenvalue weighted by Gasteiger charge is 2.23. The minimum atomic E-state index is -1.92. The number of rotatable bonds is 9. The summed E-state index contributed by atoms with van der Waals surface area (Å²) in [4.78, 5) is 11.3. The number of hydrogen-bond donors (Lipinski definition) is 0. The van der Waals surface area contributed by atoms with Gasteiger partial charge >= 0.3 is 5.97 Å². The van der Waals surface area contributed by atoms with Gasteiger partial charge in [0.2, 0.25) is 0 Å². The second-order valence-electron chi connectivity index (χ2n) is 7.13. The molecule has 154 valence electrons. The molecule has 0 aliphatic heterocycles. The van der Waals surface area contributed by atoms with E-state index >= 15 is 0 Å². The van der Waals surface area contributed by atoms with Gasteiger partial charge in [0.15, 0.2) is 0 Å². The fourth-order valence-corrected chi connectivity index (χ4v) is 7.33. The van der Waals surface area contributed by atoms with Crippen molar-refractivity contribution < 1.29 is 9.53 Å². The van der Waals surface area contributed by atoms with E-state index in [1.54, 1.807) is 0 Å². The Morgan fingerprint density at radius 3 is 1.67 bits per heavy atom. The lowest BCUT2D eigenvalue weighted by Gasteiger charge is -2.28. The summed E-state index contributed by atoms with van der Waals surface area (Å²) < 4.78 is 4.71. The smallest absolute Gasteiger partial charge is 0.305 e. The van der Waals surface area contributed by atoms with Crippen LogP contribution in [0.15, 0.2) is 103 Å². The topological polar surface area (TPSA) is 26.3 Å². The predicted molar refractivity (Wildman–Crippen MR) is 131 cm³/mol. The van der Waals surface area contributed by atoms with Crippen molar-refractivity contribution in [2.45, 2.75) is 25.7 Å². The van der Waals surface area contributed by atoms with Crippen molar-refractivity contribution in [2.24, 2.45) is 0 Å². The molecule has 0 aromatic heterocycles. The highest BCUT2D eigenvalue weighted by Crippen LogP contribution is 2.43. The van der Waals surface area contributed by atoms with Gasteiger partial charge in [-0.1, -0.05) is 109 Å². The maximum Gasteiger partial charge on any atom is 0.305 e. The minimum Gasteiger partial charge on any atom is -0.469 e. The van der Waals surface area contributed by atoms with Crippen LogP contribution < -0.4 is 15.9 Å². The first-order valence-electron chi connectivity index (χ1n) is 10.4. The standard InChI is InChI=1S/C27H29O2P/c1-29-27(28)22-14-3-2-4-15-23-30(24-16-8-5-9-17-24,25-18-10-6-11-19-25)26-20-12-7-13-21-26/h4-13,15-21,23H,2-3,14,22H2,1H3. The Hall–Kier alpha value is -2.83. The Morgan fingerprint density at radius 1 is 0.767 bits per heavy atom. The Morgan fingerprint density at radius 2 is 1.23 bits per heavy atom.